The Kier molecular flexibility index (Phi) is 8.74. The maximum absolute atomic E-state index is 12.3. The van der Waals surface area contributed by atoms with Crippen LogP contribution in [0.3, 0.4) is 0 Å². The molecule has 160 valence electrons. The van der Waals surface area contributed by atoms with E-state index < -0.39 is 0 Å². The Morgan fingerprint density at radius 2 is 1.90 bits per heavy atom. The van der Waals surface area contributed by atoms with Crippen LogP contribution < -0.4 is 14.9 Å². The number of halogens is 3. The van der Waals surface area contributed by atoms with Crippen LogP contribution in [0.1, 0.15) is 28.4 Å². The molecule has 0 aliphatic heterocycles. The van der Waals surface area contributed by atoms with E-state index in [1.807, 2.05) is 37.3 Å². The first-order chi connectivity index (χ1) is 15.0. The molecule has 5 nitrogen and oxygen atoms in total. The summed E-state index contributed by atoms with van der Waals surface area (Å²) in [5.74, 6) is 0.660. The van der Waals surface area contributed by atoms with Gasteiger partial charge in [-0.2, -0.15) is 5.10 Å². The molecule has 8 heteroatoms. The number of benzene rings is 3. The lowest BCUT2D eigenvalue weighted by Gasteiger charge is -2.14. The Bertz CT molecular complexity index is 1090. The third-order valence-electron chi connectivity index (χ3n) is 4.13. The molecule has 3 rings (SSSR count). The quantitative estimate of drug-likeness (QED) is 0.181. The number of hydrogen-bond acceptors (Lipinski definition) is 4. The molecule has 0 bridgehead atoms. The second kappa shape index (κ2) is 11.5. The number of hydrazone groups is 1. The molecule has 0 aliphatic rings. The number of amides is 1. The van der Waals surface area contributed by atoms with E-state index in [9.17, 15) is 4.79 Å². The van der Waals surface area contributed by atoms with Crippen LogP contribution in [0.4, 0.5) is 0 Å². The molecule has 0 unspecified atom stereocenters. The maximum atomic E-state index is 12.3. The van der Waals surface area contributed by atoms with Crippen molar-refractivity contribution in [3.8, 4) is 11.5 Å². The van der Waals surface area contributed by atoms with E-state index in [1.165, 1.54) is 6.21 Å². The number of ether oxygens (including phenoxy) is 2. The van der Waals surface area contributed by atoms with E-state index in [-0.39, 0.29) is 5.91 Å². The highest BCUT2D eigenvalue weighted by molar-refractivity contribution is 14.1. The Labute approximate surface area is 208 Å². The van der Waals surface area contributed by atoms with Crippen molar-refractivity contribution in [2.45, 2.75) is 13.5 Å². The number of carbonyl (C=O) groups excluding carboxylic acids is 1. The minimum Gasteiger partial charge on any atom is -0.490 e. The molecule has 0 saturated carbocycles. The van der Waals surface area contributed by atoms with Gasteiger partial charge in [-0.3, -0.25) is 4.79 Å². The Morgan fingerprint density at radius 3 is 2.61 bits per heavy atom. The van der Waals surface area contributed by atoms with Crippen molar-refractivity contribution >= 4 is 62.2 Å². The largest absolute Gasteiger partial charge is 0.490 e. The van der Waals surface area contributed by atoms with Gasteiger partial charge >= 0.3 is 0 Å². The van der Waals surface area contributed by atoms with E-state index in [2.05, 4.69) is 49.0 Å². The highest BCUT2D eigenvalue weighted by Crippen LogP contribution is 2.37. The molecule has 1 amide bonds. The third kappa shape index (κ3) is 6.69. The summed E-state index contributed by atoms with van der Waals surface area (Å²) in [4.78, 5) is 12.3. The minimum absolute atomic E-state index is 0.322. The summed E-state index contributed by atoms with van der Waals surface area (Å²) in [6.07, 6.45) is 1.51. The maximum Gasteiger partial charge on any atom is 0.272 e. The number of carbonyl (C=O) groups is 1. The van der Waals surface area contributed by atoms with Crippen molar-refractivity contribution in [3.05, 3.63) is 90.4 Å². The Hall–Kier alpha value is -2.10. The zero-order chi connectivity index (χ0) is 22.2. The minimum atomic E-state index is -0.322. The highest BCUT2D eigenvalue weighted by Gasteiger charge is 2.13. The first-order valence-corrected chi connectivity index (χ1v) is 11.6. The second-order valence-electron chi connectivity index (χ2n) is 6.36. The summed E-state index contributed by atoms with van der Waals surface area (Å²) in [6, 6.07) is 18.7. The van der Waals surface area contributed by atoms with E-state index in [1.54, 1.807) is 30.3 Å². The summed E-state index contributed by atoms with van der Waals surface area (Å²) in [7, 11) is 0. The van der Waals surface area contributed by atoms with Crippen LogP contribution >= 0.6 is 50.1 Å². The lowest BCUT2D eigenvalue weighted by atomic mass is 10.2. The second-order valence-corrected chi connectivity index (χ2v) is 8.86. The first kappa shape index (κ1) is 23.6. The summed E-state index contributed by atoms with van der Waals surface area (Å²) in [6.45, 7) is 2.71. The predicted octanol–water partition coefficient (Wildman–Crippen LogP) is 6.45. The molecular weight excluding hydrogens is 595 g/mol. The van der Waals surface area contributed by atoms with Crippen molar-refractivity contribution in [1.82, 2.24) is 5.43 Å². The molecule has 1 N–H and O–H groups in total. The normalized spacial score (nSPS) is 10.8. The van der Waals surface area contributed by atoms with Crippen molar-refractivity contribution in [1.29, 1.82) is 0 Å². The van der Waals surface area contributed by atoms with Gasteiger partial charge in [0, 0.05) is 8.04 Å². The number of nitrogens with one attached hydrogen (secondary N) is 1. The lowest BCUT2D eigenvalue weighted by molar-refractivity contribution is 0.0954. The van der Waals surface area contributed by atoms with E-state index in [4.69, 9.17) is 21.1 Å². The fourth-order valence-corrected chi connectivity index (χ4v) is 3.77. The van der Waals surface area contributed by atoms with Crippen molar-refractivity contribution in [2.24, 2.45) is 5.10 Å². The molecule has 0 aliphatic carbocycles. The fraction of sp³-hybridized carbons (Fsp3) is 0.130. The molecule has 3 aromatic carbocycles. The monoisotopic (exact) mass is 612 g/mol. The summed E-state index contributed by atoms with van der Waals surface area (Å²) < 4.78 is 13.5. The molecular formula is C23H19BrClIN2O3. The van der Waals surface area contributed by atoms with Gasteiger partial charge in [-0.25, -0.2) is 5.43 Å². The summed E-state index contributed by atoms with van der Waals surface area (Å²) in [5, 5.41) is 4.43. The summed E-state index contributed by atoms with van der Waals surface area (Å²) >= 11 is 12.1. The van der Waals surface area contributed by atoms with E-state index in [0.29, 0.717) is 45.3 Å². The number of nitrogens with zero attached hydrogens (tertiary/aromatic N) is 1. The molecule has 0 heterocycles. The van der Waals surface area contributed by atoms with Crippen LogP contribution in [0.5, 0.6) is 11.5 Å². The van der Waals surface area contributed by atoms with Gasteiger partial charge in [0.25, 0.3) is 5.91 Å². The van der Waals surface area contributed by atoms with Gasteiger partial charge in [0.2, 0.25) is 0 Å². The fourth-order valence-electron chi connectivity index (χ4n) is 2.67. The standard InChI is InChI=1S/C23H19BrClIN2O3/c1-2-30-21-12-16(13-27-28-23(29)18-5-3-4-6-19(18)24)11-20(25)22(21)31-14-15-7-9-17(26)10-8-15/h3-13H,2,14H2,1H3,(H,28,29)/b27-13-. The molecule has 3 aromatic rings. The smallest absolute Gasteiger partial charge is 0.272 e. The molecule has 0 radical (unpaired) electrons. The number of rotatable bonds is 8. The zero-order valence-corrected chi connectivity index (χ0v) is 21.1. The summed E-state index contributed by atoms with van der Waals surface area (Å²) in [5.41, 5.74) is 4.70. The van der Waals surface area contributed by atoms with Crippen LogP contribution in [0, 0.1) is 3.57 Å². The molecule has 31 heavy (non-hydrogen) atoms. The van der Waals surface area contributed by atoms with Crippen LogP contribution in [0.2, 0.25) is 5.02 Å². The van der Waals surface area contributed by atoms with E-state index >= 15 is 0 Å². The highest BCUT2D eigenvalue weighted by atomic mass is 127. The molecule has 0 aromatic heterocycles. The van der Waals surface area contributed by atoms with E-state index in [0.717, 1.165) is 9.13 Å². The van der Waals surface area contributed by atoms with Crippen LogP contribution in [-0.2, 0) is 6.61 Å². The lowest BCUT2D eigenvalue weighted by Crippen LogP contribution is -2.18. The van der Waals surface area contributed by atoms with Crippen molar-refractivity contribution < 1.29 is 14.3 Å². The molecule has 0 fully saturated rings. The van der Waals surface area contributed by atoms with Crippen molar-refractivity contribution in [3.63, 3.8) is 0 Å². The van der Waals surface area contributed by atoms with Gasteiger partial charge in [0.05, 0.1) is 23.4 Å². The van der Waals surface area contributed by atoms with Gasteiger partial charge in [-0.15, -0.1) is 0 Å². The zero-order valence-electron chi connectivity index (χ0n) is 16.6. The molecule has 0 atom stereocenters. The van der Waals surface area contributed by atoms with Crippen molar-refractivity contribution in [2.75, 3.05) is 6.61 Å². The third-order valence-corrected chi connectivity index (χ3v) is 5.82. The SMILES string of the molecule is CCOc1cc(/C=N\NC(=O)c2ccccc2Br)cc(Cl)c1OCc1ccc(I)cc1. The number of hydrogen-bond donors (Lipinski definition) is 1. The topological polar surface area (TPSA) is 59.9 Å². The van der Waals surface area contributed by atoms with Gasteiger partial charge in [0.15, 0.2) is 11.5 Å². The molecule has 0 spiro atoms. The van der Waals surface area contributed by atoms with Crippen LogP contribution in [0.25, 0.3) is 0 Å². The Balaban J connectivity index is 1.73. The first-order valence-electron chi connectivity index (χ1n) is 9.39. The average Bonchev–Trinajstić information content (AvgIpc) is 2.75. The van der Waals surface area contributed by atoms with Gasteiger partial charge in [-0.1, -0.05) is 35.9 Å². The predicted molar refractivity (Wildman–Crippen MR) is 135 cm³/mol. The van der Waals surface area contributed by atoms with Gasteiger partial charge < -0.3 is 9.47 Å². The van der Waals surface area contributed by atoms with Gasteiger partial charge in [-0.05, 0) is 93.0 Å². The average molecular weight is 614 g/mol. The van der Waals surface area contributed by atoms with Crippen LogP contribution in [0.15, 0.2) is 70.2 Å². The Morgan fingerprint density at radius 1 is 1.16 bits per heavy atom. The van der Waals surface area contributed by atoms with Crippen LogP contribution in [-0.4, -0.2) is 18.7 Å². The van der Waals surface area contributed by atoms with Gasteiger partial charge in [0.1, 0.15) is 6.61 Å². The molecule has 0 saturated heterocycles.